The maximum atomic E-state index is 5.80. The molecule has 15 heavy (non-hydrogen) atoms. The highest BCUT2D eigenvalue weighted by Gasteiger charge is 2.28. The van der Waals surface area contributed by atoms with E-state index in [2.05, 4.69) is 36.5 Å². The third-order valence-electron chi connectivity index (χ3n) is 2.92. The van der Waals surface area contributed by atoms with Crippen LogP contribution in [-0.2, 0) is 11.3 Å². The Bertz CT molecular complexity index is 280. The van der Waals surface area contributed by atoms with E-state index in [1.54, 1.807) is 0 Å². The Morgan fingerprint density at radius 2 is 2.00 bits per heavy atom. The summed E-state index contributed by atoms with van der Waals surface area (Å²) in [6.07, 6.45) is 2.80. The average Bonchev–Trinajstić information content (AvgIpc) is 2.23. The van der Waals surface area contributed by atoms with Crippen molar-refractivity contribution in [3.63, 3.8) is 0 Å². The third kappa shape index (κ3) is 3.05. The lowest BCUT2D eigenvalue weighted by Crippen LogP contribution is -2.45. The number of benzene rings is 1. The Hall–Kier alpha value is -0.860. The summed E-state index contributed by atoms with van der Waals surface area (Å²) < 4.78 is 5.80. The van der Waals surface area contributed by atoms with Gasteiger partial charge in [-0.25, -0.2) is 0 Å². The minimum absolute atomic E-state index is 0.467. The zero-order valence-electron chi connectivity index (χ0n) is 9.28. The van der Waals surface area contributed by atoms with E-state index in [1.807, 2.05) is 6.07 Å². The molecule has 0 radical (unpaired) electrons. The van der Waals surface area contributed by atoms with E-state index in [4.69, 9.17) is 4.74 Å². The molecule has 1 saturated carbocycles. The summed E-state index contributed by atoms with van der Waals surface area (Å²) in [5.74, 6) is 0. The van der Waals surface area contributed by atoms with Gasteiger partial charge in [0, 0.05) is 6.04 Å². The standard InChI is InChI=1S/C13H19NO/c1-2-14-12-8-13(9-12)15-10-11-6-4-3-5-7-11/h3-7,12-14H,2,8-10H2,1H3. The van der Waals surface area contributed by atoms with Gasteiger partial charge in [0.05, 0.1) is 12.7 Å². The fourth-order valence-electron chi connectivity index (χ4n) is 1.95. The summed E-state index contributed by atoms with van der Waals surface area (Å²) >= 11 is 0. The minimum Gasteiger partial charge on any atom is -0.373 e. The van der Waals surface area contributed by atoms with Gasteiger partial charge in [-0.3, -0.25) is 0 Å². The van der Waals surface area contributed by atoms with Crippen LogP contribution >= 0.6 is 0 Å². The highest BCUT2D eigenvalue weighted by molar-refractivity contribution is 5.13. The van der Waals surface area contributed by atoms with Gasteiger partial charge in [0.25, 0.3) is 0 Å². The van der Waals surface area contributed by atoms with Gasteiger partial charge in [-0.05, 0) is 24.9 Å². The van der Waals surface area contributed by atoms with E-state index in [0.29, 0.717) is 12.1 Å². The van der Waals surface area contributed by atoms with Gasteiger partial charge in [0.1, 0.15) is 0 Å². The molecule has 1 aromatic rings. The molecule has 2 nitrogen and oxygen atoms in total. The summed E-state index contributed by atoms with van der Waals surface area (Å²) in [6, 6.07) is 11.1. The van der Waals surface area contributed by atoms with Gasteiger partial charge in [-0.1, -0.05) is 37.3 Å². The molecule has 0 saturated heterocycles. The molecule has 2 rings (SSSR count). The second kappa shape index (κ2) is 5.29. The Morgan fingerprint density at radius 1 is 1.27 bits per heavy atom. The first-order chi connectivity index (χ1) is 7.38. The zero-order chi connectivity index (χ0) is 10.5. The van der Waals surface area contributed by atoms with Crippen molar-refractivity contribution in [1.82, 2.24) is 5.32 Å². The first-order valence-electron chi connectivity index (χ1n) is 5.77. The van der Waals surface area contributed by atoms with Crippen LogP contribution < -0.4 is 5.32 Å². The molecule has 0 unspecified atom stereocenters. The van der Waals surface area contributed by atoms with Gasteiger partial charge in [0.15, 0.2) is 0 Å². The van der Waals surface area contributed by atoms with Gasteiger partial charge >= 0.3 is 0 Å². The Kier molecular flexibility index (Phi) is 3.75. The first kappa shape index (κ1) is 10.7. The van der Waals surface area contributed by atoms with Crippen molar-refractivity contribution in [2.75, 3.05) is 6.54 Å². The maximum Gasteiger partial charge on any atom is 0.0720 e. The maximum absolute atomic E-state index is 5.80. The average molecular weight is 205 g/mol. The molecule has 0 aliphatic heterocycles. The molecule has 82 valence electrons. The molecule has 1 aromatic carbocycles. The van der Waals surface area contributed by atoms with Crippen molar-refractivity contribution in [3.8, 4) is 0 Å². The second-order valence-corrected chi connectivity index (χ2v) is 4.14. The summed E-state index contributed by atoms with van der Waals surface area (Å²) in [7, 11) is 0. The van der Waals surface area contributed by atoms with Crippen molar-refractivity contribution < 1.29 is 4.74 Å². The van der Waals surface area contributed by atoms with E-state index < -0.39 is 0 Å². The van der Waals surface area contributed by atoms with Crippen LogP contribution in [0, 0.1) is 0 Å². The minimum atomic E-state index is 0.467. The number of hydrogen-bond donors (Lipinski definition) is 1. The van der Waals surface area contributed by atoms with E-state index in [1.165, 1.54) is 18.4 Å². The van der Waals surface area contributed by atoms with Crippen molar-refractivity contribution in [2.24, 2.45) is 0 Å². The Balaban J connectivity index is 1.64. The van der Waals surface area contributed by atoms with Gasteiger partial charge in [0.2, 0.25) is 0 Å². The molecule has 2 heteroatoms. The lowest BCUT2D eigenvalue weighted by molar-refractivity contribution is -0.0261. The van der Waals surface area contributed by atoms with Crippen LogP contribution in [0.1, 0.15) is 25.3 Å². The molecule has 0 amide bonds. The molecular formula is C13H19NO. The SMILES string of the molecule is CCNC1CC(OCc2ccccc2)C1. The monoisotopic (exact) mass is 205 g/mol. The van der Waals surface area contributed by atoms with Crippen LogP contribution in [0.15, 0.2) is 30.3 Å². The summed E-state index contributed by atoms with van der Waals surface area (Å²) in [5, 5.41) is 3.43. The molecule has 1 N–H and O–H groups in total. The van der Waals surface area contributed by atoms with Gasteiger partial charge < -0.3 is 10.1 Å². The molecule has 0 bridgehead atoms. The van der Waals surface area contributed by atoms with E-state index >= 15 is 0 Å². The zero-order valence-corrected chi connectivity index (χ0v) is 9.28. The molecule has 1 aliphatic carbocycles. The van der Waals surface area contributed by atoms with Crippen molar-refractivity contribution in [1.29, 1.82) is 0 Å². The lowest BCUT2D eigenvalue weighted by Gasteiger charge is -2.35. The summed E-state index contributed by atoms with van der Waals surface area (Å²) in [5.41, 5.74) is 1.27. The number of nitrogens with one attached hydrogen (secondary N) is 1. The fraction of sp³-hybridized carbons (Fsp3) is 0.538. The van der Waals surface area contributed by atoms with Crippen LogP contribution in [0.3, 0.4) is 0 Å². The molecule has 0 spiro atoms. The lowest BCUT2D eigenvalue weighted by atomic mass is 9.89. The smallest absolute Gasteiger partial charge is 0.0720 e. The molecule has 1 fully saturated rings. The van der Waals surface area contributed by atoms with Crippen LogP contribution in [-0.4, -0.2) is 18.7 Å². The van der Waals surface area contributed by atoms with Crippen molar-refractivity contribution >= 4 is 0 Å². The molecule has 0 heterocycles. The number of hydrogen-bond acceptors (Lipinski definition) is 2. The van der Waals surface area contributed by atoms with Crippen LogP contribution in [0.25, 0.3) is 0 Å². The predicted octanol–water partition coefficient (Wildman–Crippen LogP) is 2.34. The molecule has 1 aliphatic rings. The summed E-state index contributed by atoms with van der Waals surface area (Å²) in [6.45, 7) is 3.97. The van der Waals surface area contributed by atoms with E-state index in [9.17, 15) is 0 Å². The molecular weight excluding hydrogens is 186 g/mol. The van der Waals surface area contributed by atoms with Crippen molar-refractivity contribution in [3.05, 3.63) is 35.9 Å². The van der Waals surface area contributed by atoms with E-state index in [0.717, 1.165) is 13.2 Å². The summed E-state index contributed by atoms with van der Waals surface area (Å²) in [4.78, 5) is 0. The topological polar surface area (TPSA) is 21.3 Å². The van der Waals surface area contributed by atoms with Crippen molar-refractivity contribution in [2.45, 2.75) is 38.5 Å². The number of ether oxygens (including phenoxy) is 1. The highest BCUT2D eigenvalue weighted by atomic mass is 16.5. The quantitative estimate of drug-likeness (QED) is 0.796. The van der Waals surface area contributed by atoms with Gasteiger partial charge in [-0.2, -0.15) is 0 Å². The number of rotatable bonds is 5. The van der Waals surface area contributed by atoms with Crippen LogP contribution in [0.4, 0.5) is 0 Å². The molecule has 0 aromatic heterocycles. The molecule has 0 atom stereocenters. The fourth-order valence-corrected chi connectivity index (χ4v) is 1.95. The predicted molar refractivity (Wildman–Crippen MR) is 61.7 cm³/mol. The largest absolute Gasteiger partial charge is 0.373 e. The Morgan fingerprint density at radius 3 is 2.67 bits per heavy atom. The third-order valence-corrected chi connectivity index (χ3v) is 2.92. The van der Waals surface area contributed by atoms with Gasteiger partial charge in [-0.15, -0.1) is 0 Å². The Labute approximate surface area is 91.6 Å². The second-order valence-electron chi connectivity index (χ2n) is 4.14. The van der Waals surface area contributed by atoms with Crippen LogP contribution in [0.5, 0.6) is 0 Å². The van der Waals surface area contributed by atoms with Crippen LogP contribution in [0.2, 0.25) is 0 Å². The normalized spacial score (nSPS) is 24.9. The highest BCUT2D eigenvalue weighted by Crippen LogP contribution is 2.24. The van der Waals surface area contributed by atoms with E-state index in [-0.39, 0.29) is 0 Å². The first-order valence-corrected chi connectivity index (χ1v) is 5.77.